The van der Waals surface area contributed by atoms with Crippen LogP contribution < -0.4 is 4.74 Å². The van der Waals surface area contributed by atoms with Crippen molar-refractivity contribution in [1.29, 1.82) is 0 Å². The monoisotopic (exact) mass is 369 g/mol. The zero-order valence-corrected chi connectivity index (χ0v) is 14.9. The third-order valence-electron chi connectivity index (χ3n) is 4.14. The maximum Gasteiger partial charge on any atom is 0.247 e. The van der Waals surface area contributed by atoms with Crippen LogP contribution in [-0.2, 0) is 11.2 Å². The zero-order chi connectivity index (χ0) is 19.1. The van der Waals surface area contributed by atoms with Gasteiger partial charge >= 0.3 is 0 Å². The molecule has 0 saturated heterocycles. The van der Waals surface area contributed by atoms with Crippen molar-refractivity contribution in [2.75, 3.05) is 20.2 Å². The highest BCUT2D eigenvalue weighted by Crippen LogP contribution is 2.17. The molecule has 0 radical (unpaired) electrons. The number of nitrogens with zero attached hydrogens (tertiary/aromatic N) is 5. The first-order valence-electron chi connectivity index (χ1n) is 8.54. The normalized spacial score (nSPS) is 11.8. The molecule has 1 amide bonds. The highest BCUT2D eigenvalue weighted by Gasteiger charge is 2.25. The standard InChI is InChI=1S/C19H20FN5O2/c1-24(11-12-27-18-10-6-5-9-16(18)20)19(26)17(25-14-21-22-23-25)13-15-7-3-2-4-8-15/h2-10,14,17H,11-13H2,1H3. The second-order valence-electron chi connectivity index (χ2n) is 6.03. The third-order valence-corrected chi connectivity index (χ3v) is 4.14. The molecule has 0 aliphatic heterocycles. The fraction of sp³-hybridized carbons (Fsp3) is 0.263. The predicted octanol–water partition coefficient (Wildman–Crippen LogP) is 2.13. The summed E-state index contributed by atoms with van der Waals surface area (Å²) in [7, 11) is 1.68. The van der Waals surface area contributed by atoms with Crippen LogP contribution >= 0.6 is 0 Å². The topological polar surface area (TPSA) is 73.1 Å². The Hall–Kier alpha value is -3.29. The number of para-hydroxylation sites is 1. The molecule has 0 spiro atoms. The Morgan fingerprint density at radius 1 is 1.19 bits per heavy atom. The lowest BCUT2D eigenvalue weighted by Gasteiger charge is -2.23. The van der Waals surface area contributed by atoms with Crippen LogP contribution in [0.15, 0.2) is 60.9 Å². The highest BCUT2D eigenvalue weighted by molar-refractivity contribution is 5.80. The van der Waals surface area contributed by atoms with E-state index in [9.17, 15) is 9.18 Å². The molecule has 0 saturated carbocycles. The van der Waals surface area contributed by atoms with Gasteiger partial charge < -0.3 is 9.64 Å². The Kier molecular flexibility index (Phi) is 6.09. The van der Waals surface area contributed by atoms with E-state index in [0.717, 1.165) is 5.56 Å². The summed E-state index contributed by atoms with van der Waals surface area (Å²) in [6.07, 6.45) is 1.89. The Morgan fingerprint density at radius 3 is 2.63 bits per heavy atom. The molecule has 1 unspecified atom stereocenters. The molecule has 7 nitrogen and oxygen atoms in total. The molecule has 0 aliphatic rings. The van der Waals surface area contributed by atoms with E-state index in [0.29, 0.717) is 13.0 Å². The van der Waals surface area contributed by atoms with Crippen LogP contribution in [0.4, 0.5) is 4.39 Å². The summed E-state index contributed by atoms with van der Waals surface area (Å²) in [6.45, 7) is 0.484. The van der Waals surface area contributed by atoms with Gasteiger partial charge in [-0.1, -0.05) is 42.5 Å². The molecule has 0 bridgehead atoms. The number of rotatable bonds is 8. The fourth-order valence-corrected chi connectivity index (χ4v) is 2.66. The average molecular weight is 369 g/mol. The summed E-state index contributed by atoms with van der Waals surface area (Å²) < 4.78 is 20.5. The van der Waals surface area contributed by atoms with E-state index in [4.69, 9.17) is 4.74 Å². The molecule has 8 heteroatoms. The maximum absolute atomic E-state index is 13.6. The van der Waals surface area contributed by atoms with Gasteiger partial charge in [0, 0.05) is 13.5 Å². The lowest BCUT2D eigenvalue weighted by Crippen LogP contribution is -2.38. The zero-order valence-electron chi connectivity index (χ0n) is 14.9. The Labute approximate surface area is 156 Å². The van der Waals surface area contributed by atoms with Gasteiger partial charge in [-0.25, -0.2) is 9.07 Å². The molecule has 3 aromatic rings. The number of carbonyl (C=O) groups is 1. The van der Waals surface area contributed by atoms with Gasteiger partial charge in [-0.3, -0.25) is 4.79 Å². The average Bonchev–Trinajstić information content (AvgIpc) is 3.22. The van der Waals surface area contributed by atoms with E-state index in [1.54, 1.807) is 25.2 Å². The number of aromatic nitrogens is 4. The first-order valence-corrected chi connectivity index (χ1v) is 8.54. The van der Waals surface area contributed by atoms with Crippen molar-refractivity contribution in [3.8, 4) is 5.75 Å². The van der Waals surface area contributed by atoms with Crippen LogP contribution in [0.1, 0.15) is 11.6 Å². The molecule has 2 aromatic carbocycles. The van der Waals surface area contributed by atoms with Gasteiger partial charge in [0.1, 0.15) is 19.0 Å². The first kappa shape index (κ1) is 18.5. The minimum atomic E-state index is -0.569. The summed E-state index contributed by atoms with van der Waals surface area (Å²) in [5.41, 5.74) is 1.00. The molecule has 0 fully saturated rings. The van der Waals surface area contributed by atoms with Crippen molar-refractivity contribution in [1.82, 2.24) is 25.1 Å². The van der Waals surface area contributed by atoms with Crippen LogP contribution in [0.5, 0.6) is 5.75 Å². The molecule has 140 valence electrons. The quantitative estimate of drug-likeness (QED) is 0.608. The van der Waals surface area contributed by atoms with E-state index in [1.807, 2.05) is 30.3 Å². The highest BCUT2D eigenvalue weighted by atomic mass is 19.1. The Morgan fingerprint density at radius 2 is 1.93 bits per heavy atom. The summed E-state index contributed by atoms with van der Waals surface area (Å²) in [5, 5.41) is 11.1. The second-order valence-corrected chi connectivity index (χ2v) is 6.03. The second kappa shape index (κ2) is 8.88. The van der Waals surface area contributed by atoms with Crippen LogP contribution in [0.3, 0.4) is 0 Å². The number of likely N-dealkylation sites (N-methyl/N-ethyl adjacent to an activating group) is 1. The number of ether oxygens (including phenoxy) is 1. The lowest BCUT2D eigenvalue weighted by atomic mass is 10.1. The molecular formula is C19H20FN5O2. The van der Waals surface area contributed by atoms with Crippen molar-refractivity contribution in [2.45, 2.75) is 12.5 Å². The summed E-state index contributed by atoms with van der Waals surface area (Å²) in [6, 6.07) is 15.3. The molecule has 0 N–H and O–H groups in total. The molecule has 1 atom stereocenters. The minimum absolute atomic E-state index is 0.150. The number of amides is 1. The summed E-state index contributed by atoms with van der Waals surface area (Å²) in [4.78, 5) is 14.5. The molecule has 1 aromatic heterocycles. The number of halogens is 1. The smallest absolute Gasteiger partial charge is 0.247 e. The largest absolute Gasteiger partial charge is 0.489 e. The van der Waals surface area contributed by atoms with Crippen LogP contribution in [0.2, 0.25) is 0 Å². The number of hydrogen-bond acceptors (Lipinski definition) is 5. The summed E-state index contributed by atoms with van der Waals surface area (Å²) in [5.74, 6) is -0.412. The van der Waals surface area contributed by atoms with E-state index in [1.165, 1.54) is 22.0 Å². The molecule has 27 heavy (non-hydrogen) atoms. The van der Waals surface area contributed by atoms with Crippen molar-refractivity contribution in [3.05, 3.63) is 72.3 Å². The lowest BCUT2D eigenvalue weighted by molar-refractivity contribution is -0.134. The van der Waals surface area contributed by atoms with E-state index in [-0.39, 0.29) is 18.3 Å². The first-order chi connectivity index (χ1) is 13.1. The van der Waals surface area contributed by atoms with E-state index < -0.39 is 11.9 Å². The van der Waals surface area contributed by atoms with Crippen molar-refractivity contribution < 1.29 is 13.9 Å². The van der Waals surface area contributed by atoms with Gasteiger partial charge in [0.2, 0.25) is 5.91 Å². The molecule has 1 heterocycles. The number of tetrazole rings is 1. The fourth-order valence-electron chi connectivity index (χ4n) is 2.66. The van der Waals surface area contributed by atoms with Gasteiger partial charge in [-0.15, -0.1) is 5.10 Å². The number of hydrogen-bond donors (Lipinski definition) is 0. The number of carbonyl (C=O) groups excluding carboxylic acids is 1. The minimum Gasteiger partial charge on any atom is -0.489 e. The predicted molar refractivity (Wildman–Crippen MR) is 96.5 cm³/mol. The van der Waals surface area contributed by atoms with E-state index in [2.05, 4.69) is 15.5 Å². The van der Waals surface area contributed by atoms with Crippen LogP contribution in [0.25, 0.3) is 0 Å². The summed E-state index contributed by atoms with van der Waals surface area (Å²) >= 11 is 0. The van der Waals surface area contributed by atoms with Crippen molar-refractivity contribution >= 4 is 5.91 Å². The van der Waals surface area contributed by atoms with Crippen molar-refractivity contribution in [2.24, 2.45) is 0 Å². The Bertz CT molecular complexity index is 858. The molecular weight excluding hydrogens is 349 g/mol. The van der Waals surface area contributed by atoms with Crippen LogP contribution in [0, 0.1) is 5.82 Å². The SMILES string of the molecule is CN(CCOc1ccccc1F)C(=O)C(Cc1ccccc1)n1cnnn1. The molecule has 0 aliphatic carbocycles. The van der Waals surface area contributed by atoms with E-state index >= 15 is 0 Å². The Balaban J connectivity index is 1.63. The van der Waals surface area contributed by atoms with Gasteiger partial charge in [0.05, 0.1) is 6.54 Å². The number of benzene rings is 2. The van der Waals surface area contributed by atoms with Gasteiger partial charge in [-0.2, -0.15) is 0 Å². The third kappa shape index (κ3) is 4.87. The maximum atomic E-state index is 13.6. The van der Waals surface area contributed by atoms with Crippen LogP contribution in [-0.4, -0.2) is 51.2 Å². The van der Waals surface area contributed by atoms with Gasteiger partial charge in [0.25, 0.3) is 0 Å². The van der Waals surface area contributed by atoms with Gasteiger partial charge in [0.15, 0.2) is 11.6 Å². The van der Waals surface area contributed by atoms with Gasteiger partial charge in [-0.05, 0) is 28.1 Å². The van der Waals surface area contributed by atoms with Crippen molar-refractivity contribution in [3.63, 3.8) is 0 Å². The molecule has 3 rings (SSSR count).